The van der Waals surface area contributed by atoms with Crippen LogP contribution in [-0.2, 0) is 19.5 Å². The van der Waals surface area contributed by atoms with Crippen LogP contribution in [0.1, 0.15) is 41.0 Å². The Balaban J connectivity index is 1.64. The van der Waals surface area contributed by atoms with E-state index in [2.05, 4.69) is 14.8 Å². The summed E-state index contributed by atoms with van der Waals surface area (Å²) in [5.41, 5.74) is 1.79. The zero-order valence-electron chi connectivity index (χ0n) is 15.7. The Morgan fingerprint density at radius 1 is 1.00 bits per heavy atom. The summed E-state index contributed by atoms with van der Waals surface area (Å²) in [6, 6.07) is 17.1. The lowest BCUT2D eigenvalue weighted by atomic mass is 10.1. The molecular formula is C22H23ClN4O. The fourth-order valence-electron chi connectivity index (χ4n) is 3.60. The van der Waals surface area contributed by atoms with Gasteiger partial charge < -0.3 is 4.90 Å². The van der Waals surface area contributed by atoms with Crippen LogP contribution in [0.5, 0.6) is 0 Å². The van der Waals surface area contributed by atoms with Crippen LogP contribution in [-0.4, -0.2) is 27.1 Å². The van der Waals surface area contributed by atoms with Crippen molar-refractivity contribution in [3.63, 3.8) is 0 Å². The van der Waals surface area contributed by atoms with Crippen LogP contribution >= 0.6 is 11.6 Å². The number of Topliss-reactive ketones (excluding diaryl/α,β-unsaturated/α-hetero) is 1. The predicted octanol–water partition coefficient (Wildman–Crippen LogP) is 4.55. The van der Waals surface area contributed by atoms with Gasteiger partial charge in [0.15, 0.2) is 5.78 Å². The predicted molar refractivity (Wildman–Crippen MR) is 111 cm³/mol. The van der Waals surface area contributed by atoms with Gasteiger partial charge >= 0.3 is 0 Å². The fourth-order valence-corrected chi connectivity index (χ4v) is 3.73. The fraction of sp³-hybridized carbons (Fsp3) is 0.318. The number of carbonyl (C=O) groups excluding carboxylic acids is 1. The topological polar surface area (TPSA) is 51.0 Å². The number of benzene rings is 2. The molecule has 28 heavy (non-hydrogen) atoms. The molecule has 0 aliphatic carbocycles. The first-order valence-corrected chi connectivity index (χ1v) is 10.1. The second kappa shape index (κ2) is 8.57. The van der Waals surface area contributed by atoms with Crippen LogP contribution < -0.4 is 4.90 Å². The Hall–Kier alpha value is -2.66. The summed E-state index contributed by atoms with van der Waals surface area (Å²) in [5.74, 6) is 1.86. The van der Waals surface area contributed by atoms with Crippen LogP contribution in [0, 0.1) is 0 Å². The first-order valence-electron chi connectivity index (χ1n) is 9.70. The normalized spacial score (nSPS) is 13.6. The van der Waals surface area contributed by atoms with Crippen molar-refractivity contribution in [2.75, 3.05) is 11.4 Å². The molecule has 4 rings (SSSR count). The summed E-state index contributed by atoms with van der Waals surface area (Å²) >= 11 is 6.03. The number of carbonyl (C=O) groups is 1. The van der Waals surface area contributed by atoms with Gasteiger partial charge in [0.2, 0.25) is 5.95 Å². The van der Waals surface area contributed by atoms with E-state index in [0.29, 0.717) is 17.1 Å². The highest BCUT2D eigenvalue weighted by Gasteiger charge is 2.22. The van der Waals surface area contributed by atoms with Gasteiger partial charge in [0.25, 0.3) is 0 Å². The van der Waals surface area contributed by atoms with Crippen molar-refractivity contribution >= 4 is 23.3 Å². The molecule has 1 aliphatic rings. The van der Waals surface area contributed by atoms with Crippen molar-refractivity contribution in [1.82, 2.24) is 14.8 Å². The molecule has 2 aromatic carbocycles. The molecule has 0 N–H and O–H groups in total. The van der Waals surface area contributed by atoms with Gasteiger partial charge in [0, 0.05) is 30.1 Å². The Morgan fingerprint density at radius 2 is 1.79 bits per heavy atom. The van der Waals surface area contributed by atoms with E-state index in [9.17, 15) is 4.79 Å². The van der Waals surface area contributed by atoms with Gasteiger partial charge in [-0.3, -0.25) is 9.36 Å². The molecule has 0 unspecified atom stereocenters. The van der Waals surface area contributed by atoms with E-state index in [4.69, 9.17) is 11.6 Å². The van der Waals surface area contributed by atoms with Gasteiger partial charge in [-0.2, -0.15) is 0 Å². The number of rotatable bonds is 6. The molecule has 0 saturated heterocycles. The average molecular weight is 395 g/mol. The number of nitrogens with zero attached hydrogens (tertiary/aromatic N) is 4. The van der Waals surface area contributed by atoms with Crippen molar-refractivity contribution in [3.8, 4) is 0 Å². The summed E-state index contributed by atoms with van der Waals surface area (Å²) in [5, 5.41) is 9.57. The third-order valence-electron chi connectivity index (χ3n) is 5.09. The number of fused-ring (bicyclic) bond motifs is 1. The molecule has 0 fully saturated rings. The first-order chi connectivity index (χ1) is 13.7. The molecule has 5 nitrogen and oxygen atoms in total. The van der Waals surface area contributed by atoms with Crippen molar-refractivity contribution in [3.05, 3.63) is 76.6 Å². The second-order valence-electron chi connectivity index (χ2n) is 7.15. The van der Waals surface area contributed by atoms with Crippen LogP contribution in [0.25, 0.3) is 0 Å². The molecular weight excluding hydrogens is 372 g/mol. The maximum atomic E-state index is 12.9. The van der Waals surface area contributed by atoms with Crippen molar-refractivity contribution in [2.45, 2.75) is 38.8 Å². The lowest BCUT2D eigenvalue weighted by Crippen LogP contribution is -2.32. The lowest BCUT2D eigenvalue weighted by Gasteiger charge is -2.24. The summed E-state index contributed by atoms with van der Waals surface area (Å²) in [6.45, 7) is 1.73. The van der Waals surface area contributed by atoms with Gasteiger partial charge in [-0.1, -0.05) is 60.5 Å². The number of hydrogen-bond donors (Lipinski definition) is 0. The number of aromatic nitrogens is 3. The first kappa shape index (κ1) is 18.7. The molecule has 144 valence electrons. The standard InChI is InChI=1S/C22H23ClN4O/c23-19-12-10-17(11-13-19)15-26(16-20(28)18-7-3-1-4-8-18)22-25-24-21-9-5-2-6-14-27(21)22/h1,3-4,7-8,10-13H,2,5-6,9,14-16H2. The highest BCUT2D eigenvalue weighted by Crippen LogP contribution is 2.22. The largest absolute Gasteiger partial charge is 0.329 e. The van der Waals surface area contributed by atoms with Crippen molar-refractivity contribution in [2.24, 2.45) is 0 Å². The number of hydrogen-bond acceptors (Lipinski definition) is 4. The molecule has 3 aromatic rings. The van der Waals surface area contributed by atoms with Gasteiger partial charge in [0.1, 0.15) is 5.82 Å². The monoisotopic (exact) mass is 394 g/mol. The zero-order chi connectivity index (χ0) is 19.3. The Kier molecular flexibility index (Phi) is 5.72. The molecule has 0 radical (unpaired) electrons. The highest BCUT2D eigenvalue weighted by molar-refractivity contribution is 6.30. The van der Waals surface area contributed by atoms with Crippen molar-refractivity contribution in [1.29, 1.82) is 0 Å². The van der Waals surface area contributed by atoms with E-state index in [0.717, 1.165) is 43.1 Å². The lowest BCUT2D eigenvalue weighted by molar-refractivity contribution is 0.0998. The Morgan fingerprint density at radius 3 is 2.57 bits per heavy atom. The quantitative estimate of drug-likeness (QED) is 0.575. The number of anilines is 1. The second-order valence-corrected chi connectivity index (χ2v) is 7.59. The van der Waals surface area contributed by atoms with E-state index in [1.165, 1.54) is 6.42 Å². The summed E-state index contributed by atoms with van der Waals surface area (Å²) in [6.07, 6.45) is 4.38. The molecule has 0 amide bonds. The Bertz CT molecular complexity index is 937. The molecule has 0 spiro atoms. The molecule has 1 aliphatic heterocycles. The summed E-state index contributed by atoms with van der Waals surface area (Å²) in [7, 11) is 0. The van der Waals surface area contributed by atoms with Crippen LogP contribution in [0.15, 0.2) is 54.6 Å². The maximum Gasteiger partial charge on any atom is 0.227 e. The van der Waals surface area contributed by atoms with Gasteiger partial charge in [0.05, 0.1) is 6.54 Å². The van der Waals surface area contributed by atoms with Gasteiger partial charge in [-0.15, -0.1) is 10.2 Å². The van der Waals surface area contributed by atoms with E-state index >= 15 is 0 Å². The van der Waals surface area contributed by atoms with E-state index in [1.54, 1.807) is 0 Å². The van der Waals surface area contributed by atoms with Crippen LogP contribution in [0.2, 0.25) is 5.02 Å². The van der Waals surface area contributed by atoms with Crippen molar-refractivity contribution < 1.29 is 4.79 Å². The average Bonchev–Trinajstić information content (AvgIpc) is 2.98. The molecule has 6 heteroatoms. The van der Waals surface area contributed by atoms with E-state index in [1.807, 2.05) is 59.5 Å². The minimum Gasteiger partial charge on any atom is -0.329 e. The summed E-state index contributed by atoms with van der Waals surface area (Å²) < 4.78 is 2.18. The number of halogens is 1. The van der Waals surface area contributed by atoms with Crippen LogP contribution in [0.4, 0.5) is 5.95 Å². The van der Waals surface area contributed by atoms with E-state index < -0.39 is 0 Å². The molecule has 0 saturated carbocycles. The maximum absolute atomic E-state index is 12.9. The third-order valence-corrected chi connectivity index (χ3v) is 5.34. The highest BCUT2D eigenvalue weighted by atomic mass is 35.5. The molecule has 0 atom stereocenters. The van der Waals surface area contributed by atoms with Gasteiger partial charge in [-0.05, 0) is 30.5 Å². The third kappa shape index (κ3) is 4.25. The number of aryl methyl sites for hydroxylation is 1. The summed E-state index contributed by atoms with van der Waals surface area (Å²) in [4.78, 5) is 14.9. The Labute approximate surface area is 170 Å². The molecule has 2 heterocycles. The number of ketones is 1. The molecule has 0 bridgehead atoms. The SMILES string of the molecule is O=C(CN(Cc1ccc(Cl)cc1)c1nnc2n1CCCCC2)c1ccccc1. The van der Waals surface area contributed by atoms with Crippen LogP contribution in [0.3, 0.4) is 0 Å². The zero-order valence-corrected chi connectivity index (χ0v) is 16.5. The smallest absolute Gasteiger partial charge is 0.227 e. The van der Waals surface area contributed by atoms with E-state index in [-0.39, 0.29) is 12.3 Å². The minimum atomic E-state index is 0.0699. The van der Waals surface area contributed by atoms with Gasteiger partial charge in [-0.25, -0.2) is 0 Å². The molecule has 1 aromatic heterocycles. The minimum absolute atomic E-state index is 0.0699.